The van der Waals surface area contributed by atoms with Gasteiger partial charge in [-0.3, -0.25) is 9.69 Å². The zero-order valence-electron chi connectivity index (χ0n) is 14.6. The number of hydrogen-bond acceptors (Lipinski definition) is 5. The molecule has 1 amide bonds. The van der Waals surface area contributed by atoms with Crippen molar-refractivity contribution >= 4 is 16.8 Å². The second-order valence-electron chi connectivity index (χ2n) is 6.60. The molecule has 1 aliphatic heterocycles. The molecule has 2 aromatic heterocycles. The van der Waals surface area contributed by atoms with Gasteiger partial charge in [-0.2, -0.15) is 4.98 Å². The number of nitrogens with zero attached hydrogens (tertiary/aromatic N) is 4. The number of aromatic nitrogens is 3. The minimum absolute atomic E-state index is 0.0456. The molecule has 7 nitrogen and oxygen atoms in total. The topological polar surface area (TPSA) is 78.3 Å². The van der Waals surface area contributed by atoms with Gasteiger partial charge in [-0.1, -0.05) is 23.4 Å². The lowest BCUT2D eigenvalue weighted by molar-refractivity contribution is 0.0490. The number of benzene rings is 1. The lowest BCUT2D eigenvalue weighted by Gasteiger charge is -2.37. The van der Waals surface area contributed by atoms with Gasteiger partial charge in [0, 0.05) is 36.2 Å². The van der Waals surface area contributed by atoms with Crippen molar-refractivity contribution in [2.75, 3.05) is 26.7 Å². The van der Waals surface area contributed by atoms with E-state index < -0.39 is 0 Å². The summed E-state index contributed by atoms with van der Waals surface area (Å²) in [4.78, 5) is 24.9. The number of piperazine rings is 1. The van der Waals surface area contributed by atoms with Crippen LogP contribution in [0.3, 0.4) is 0 Å². The minimum Gasteiger partial charge on any atom is -0.358 e. The molecule has 0 unspecified atom stereocenters. The summed E-state index contributed by atoms with van der Waals surface area (Å²) in [6.07, 6.45) is 0. The van der Waals surface area contributed by atoms with Crippen molar-refractivity contribution < 1.29 is 9.32 Å². The summed E-state index contributed by atoms with van der Waals surface area (Å²) in [6.45, 7) is 5.73. The molecule has 130 valence electrons. The smallest absolute Gasteiger partial charge is 0.256 e. The van der Waals surface area contributed by atoms with Crippen molar-refractivity contribution in [1.29, 1.82) is 0 Å². The zero-order chi connectivity index (χ0) is 17.6. The lowest BCUT2D eigenvalue weighted by atomic mass is 10.1. The highest BCUT2D eigenvalue weighted by Gasteiger charge is 2.33. The van der Waals surface area contributed by atoms with Crippen LogP contribution < -0.4 is 0 Å². The summed E-state index contributed by atoms with van der Waals surface area (Å²) < 4.78 is 5.34. The van der Waals surface area contributed by atoms with E-state index in [1.807, 2.05) is 43.1 Å². The van der Waals surface area contributed by atoms with Gasteiger partial charge in [0.1, 0.15) is 6.04 Å². The molecule has 1 saturated heterocycles. The van der Waals surface area contributed by atoms with Crippen LogP contribution in [-0.4, -0.2) is 57.5 Å². The number of carbonyl (C=O) groups is 1. The van der Waals surface area contributed by atoms with Gasteiger partial charge in [-0.05, 0) is 27.0 Å². The number of amides is 1. The molecule has 1 fully saturated rings. The Morgan fingerprint density at radius 1 is 1.28 bits per heavy atom. The van der Waals surface area contributed by atoms with E-state index in [0.29, 0.717) is 24.8 Å². The number of aromatic amines is 1. The summed E-state index contributed by atoms with van der Waals surface area (Å²) in [6, 6.07) is 7.83. The number of nitrogens with one attached hydrogen (secondary N) is 1. The summed E-state index contributed by atoms with van der Waals surface area (Å²) in [5.74, 6) is 1.22. The fourth-order valence-corrected chi connectivity index (χ4v) is 3.48. The Morgan fingerprint density at radius 3 is 2.84 bits per heavy atom. The Morgan fingerprint density at radius 2 is 2.08 bits per heavy atom. The predicted octanol–water partition coefficient (Wildman–Crippen LogP) is 2.30. The third-order valence-corrected chi connectivity index (χ3v) is 4.87. The van der Waals surface area contributed by atoms with E-state index >= 15 is 0 Å². The fraction of sp³-hybridized carbons (Fsp3) is 0.389. The first kappa shape index (κ1) is 15.8. The number of carbonyl (C=O) groups excluding carboxylic acids is 1. The summed E-state index contributed by atoms with van der Waals surface area (Å²) in [5.41, 5.74) is 2.64. The molecule has 3 heterocycles. The molecule has 4 rings (SSSR count). The molecule has 1 atom stereocenters. The van der Waals surface area contributed by atoms with Gasteiger partial charge in [0.15, 0.2) is 5.82 Å². The molecule has 0 aliphatic carbocycles. The van der Waals surface area contributed by atoms with Crippen LogP contribution in [0.25, 0.3) is 10.9 Å². The Labute approximate surface area is 145 Å². The van der Waals surface area contributed by atoms with Gasteiger partial charge in [-0.25, -0.2) is 0 Å². The molecule has 0 saturated carbocycles. The second-order valence-corrected chi connectivity index (χ2v) is 6.60. The molecule has 0 bridgehead atoms. The number of likely N-dealkylation sites (N-methyl/N-ethyl adjacent to an activating group) is 1. The van der Waals surface area contributed by atoms with E-state index in [2.05, 4.69) is 20.0 Å². The monoisotopic (exact) mass is 339 g/mol. The van der Waals surface area contributed by atoms with Crippen molar-refractivity contribution in [2.24, 2.45) is 0 Å². The van der Waals surface area contributed by atoms with Crippen LogP contribution in [0.4, 0.5) is 0 Å². The van der Waals surface area contributed by atoms with Crippen LogP contribution in [-0.2, 0) is 0 Å². The van der Waals surface area contributed by atoms with Gasteiger partial charge in [0.05, 0.1) is 5.56 Å². The highest BCUT2D eigenvalue weighted by molar-refractivity contribution is 6.08. The number of hydrogen-bond donors (Lipinski definition) is 1. The maximum absolute atomic E-state index is 13.2. The highest BCUT2D eigenvalue weighted by atomic mass is 16.5. The van der Waals surface area contributed by atoms with Crippen LogP contribution in [0, 0.1) is 13.8 Å². The fourth-order valence-electron chi connectivity index (χ4n) is 3.48. The van der Waals surface area contributed by atoms with E-state index in [0.717, 1.165) is 28.7 Å². The molecule has 1 N–H and O–H groups in total. The average Bonchev–Trinajstić information content (AvgIpc) is 3.17. The highest BCUT2D eigenvalue weighted by Crippen LogP contribution is 2.27. The van der Waals surface area contributed by atoms with E-state index in [9.17, 15) is 4.79 Å². The first-order valence-corrected chi connectivity index (χ1v) is 8.41. The van der Waals surface area contributed by atoms with Crippen molar-refractivity contribution in [3.63, 3.8) is 0 Å². The number of rotatable bonds is 2. The van der Waals surface area contributed by atoms with Crippen LogP contribution in [0.5, 0.6) is 0 Å². The number of para-hydroxylation sites is 1. The van der Waals surface area contributed by atoms with Crippen LogP contribution >= 0.6 is 0 Å². The number of aryl methyl sites for hydroxylation is 2. The quantitative estimate of drug-likeness (QED) is 0.775. The minimum atomic E-state index is -0.0792. The SMILES string of the molecule is Cc1noc([C@@H]2CN(C(=O)c3c(C)[nH]c4ccccc34)CCN2C)n1. The van der Waals surface area contributed by atoms with Crippen molar-refractivity contribution in [3.05, 3.63) is 47.2 Å². The third-order valence-electron chi connectivity index (χ3n) is 4.87. The third kappa shape index (κ3) is 2.70. The Kier molecular flexibility index (Phi) is 3.80. The number of fused-ring (bicyclic) bond motifs is 1. The standard InChI is InChI=1S/C18H21N5O2/c1-11-16(13-6-4-5-7-14(13)19-11)18(24)23-9-8-22(3)15(10-23)17-20-12(2)21-25-17/h4-7,15,19H,8-10H2,1-3H3/t15-/m0/s1. The van der Waals surface area contributed by atoms with Crippen LogP contribution in [0.2, 0.25) is 0 Å². The van der Waals surface area contributed by atoms with Gasteiger partial charge in [0.25, 0.3) is 5.91 Å². The second kappa shape index (κ2) is 6.00. The average molecular weight is 339 g/mol. The van der Waals surface area contributed by atoms with Crippen molar-refractivity contribution in [3.8, 4) is 0 Å². The molecule has 25 heavy (non-hydrogen) atoms. The maximum atomic E-state index is 13.2. The Bertz CT molecular complexity index is 929. The Balaban J connectivity index is 1.64. The van der Waals surface area contributed by atoms with Gasteiger partial charge < -0.3 is 14.4 Å². The lowest BCUT2D eigenvalue weighted by Crippen LogP contribution is -2.49. The van der Waals surface area contributed by atoms with E-state index in [1.54, 1.807) is 6.92 Å². The van der Waals surface area contributed by atoms with E-state index in [-0.39, 0.29) is 11.9 Å². The van der Waals surface area contributed by atoms with Gasteiger partial charge in [-0.15, -0.1) is 0 Å². The first-order chi connectivity index (χ1) is 12.0. The summed E-state index contributed by atoms with van der Waals surface area (Å²) >= 11 is 0. The number of H-pyrrole nitrogens is 1. The molecule has 3 aromatic rings. The van der Waals surface area contributed by atoms with Crippen LogP contribution in [0.1, 0.15) is 33.8 Å². The maximum Gasteiger partial charge on any atom is 0.256 e. The normalized spacial score (nSPS) is 18.8. The predicted molar refractivity (Wildman–Crippen MR) is 93.3 cm³/mol. The Hall–Kier alpha value is -2.67. The molecule has 7 heteroatoms. The van der Waals surface area contributed by atoms with Gasteiger partial charge >= 0.3 is 0 Å². The molecular weight excluding hydrogens is 318 g/mol. The molecule has 1 aromatic carbocycles. The summed E-state index contributed by atoms with van der Waals surface area (Å²) in [5, 5.41) is 4.85. The first-order valence-electron chi connectivity index (χ1n) is 8.41. The largest absolute Gasteiger partial charge is 0.358 e. The summed E-state index contributed by atoms with van der Waals surface area (Å²) in [7, 11) is 2.02. The molecular formula is C18H21N5O2. The van der Waals surface area contributed by atoms with Crippen molar-refractivity contribution in [2.45, 2.75) is 19.9 Å². The van der Waals surface area contributed by atoms with E-state index in [4.69, 9.17) is 4.52 Å². The molecule has 0 spiro atoms. The van der Waals surface area contributed by atoms with Crippen LogP contribution in [0.15, 0.2) is 28.8 Å². The van der Waals surface area contributed by atoms with Gasteiger partial charge in [0.2, 0.25) is 5.89 Å². The molecule has 1 aliphatic rings. The molecule has 0 radical (unpaired) electrons. The van der Waals surface area contributed by atoms with Crippen molar-refractivity contribution in [1.82, 2.24) is 24.9 Å². The zero-order valence-corrected chi connectivity index (χ0v) is 14.6. The van der Waals surface area contributed by atoms with E-state index in [1.165, 1.54) is 0 Å².